The van der Waals surface area contributed by atoms with Gasteiger partial charge in [-0.2, -0.15) is 0 Å². The van der Waals surface area contributed by atoms with Gasteiger partial charge in [0.15, 0.2) is 0 Å². The van der Waals surface area contributed by atoms with Gasteiger partial charge in [-0.05, 0) is 37.5 Å². The molecule has 0 amide bonds. The van der Waals surface area contributed by atoms with Crippen LogP contribution >= 0.6 is 0 Å². The third kappa shape index (κ3) is 1.80. The molecule has 3 unspecified atom stereocenters. The van der Waals surface area contributed by atoms with Crippen molar-refractivity contribution in [2.45, 2.75) is 47.1 Å². The Labute approximate surface area is 81.9 Å². The molecule has 0 fully saturated rings. The summed E-state index contributed by atoms with van der Waals surface area (Å²) in [6.07, 6.45) is 3.26. The molecule has 0 aromatic heterocycles. The van der Waals surface area contributed by atoms with Crippen molar-refractivity contribution in [1.82, 2.24) is 0 Å². The van der Waals surface area contributed by atoms with E-state index in [0.717, 1.165) is 6.42 Å². The molecule has 0 aromatic carbocycles. The van der Waals surface area contributed by atoms with E-state index in [-0.39, 0.29) is 11.5 Å². The molecule has 1 heteroatoms. The van der Waals surface area contributed by atoms with Crippen LogP contribution in [0.4, 0.5) is 0 Å². The van der Waals surface area contributed by atoms with Gasteiger partial charge in [0.25, 0.3) is 0 Å². The van der Waals surface area contributed by atoms with Crippen molar-refractivity contribution in [2.75, 3.05) is 0 Å². The maximum atomic E-state index is 9.58. The predicted molar refractivity (Wildman–Crippen MR) is 56.5 cm³/mol. The van der Waals surface area contributed by atoms with Gasteiger partial charge < -0.3 is 5.11 Å². The SMILES string of the molecule is CC1=CCC(C(C)C(C)O)C1(C)C. The smallest absolute Gasteiger partial charge is 0.0540 e. The lowest BCUT2D eigenvalue weighted by Gasteiger charge is -2.35. The topological polar surface area (TPSA) is 20.2 Å². The Morgan fingerprint density at radius 1 is 1.46 bits per heavy atom. The van der Waals surface area contributed by atoms with Crippen molar-refractivity contribution < 1.29 is 5.11 Å². The van der Waals surface area contributed by atoms with Gasteiger partial charge in [-0.1, -0.05) is 32.4 Å². The van der Waals surface area contributed by atoms with Gasteiger partial charge in [-0.15, -0.1) is 0 Å². The van der Waals surface area contributed by atoms with Crippen LogP contribution < -0.4 is 0 Å². The molecule has 0 aromatic rings. The second-order valence-corrected chi connectivity index (χ2v) is 5.05. The number of hydrogen-bond acceptors (Lipinski definition) is 1. The first kappa shape index (κ1) is 10.8. The van der Waals surface area contributed by atoms with E-state index in [9.17, 15) is 5.11 Å². The molecule has 0 aliphatic heterocycles. The second kappa shape index (κ2) is 3.45. The van der Waals surface area contributed by atoms with E-state index >= 15 is 0 Å². The highest BCUT2D eigenvalue weighted by atomic mass is 16.3. The van der Waals surface area contributed by atoms with Crippen LogP contribution in [0.3, 0.4) is 0 Å². The summed E-state index contributed by atoms with van der Waals surface area (Å²) in [5, 5.41) is 9.58. The minimum atomic E-state index is -0.191. The Hall–Kier alpha value is -0.300. The van der Waals surface area contributed by atoms with E-state index < -0.39 is 0 Å². The summed E-state index contributed by atoms with van der Waals surface area (Å²) in [6.45, 7) is 10.8. The molecular weight excluding hydrogens is 160 g/mol. The first-order valence-corrected chi connectivity index (χ1v) is 5.22. The molecule has 0 spiro atoms. The number of allylic oxidation sites excluding steroid dienone is 2. The molecule has 13 heavy (non-hydrogen) atoms. The third-order valence-electron chi connectivity index (χ3n) is 4.02. The monoisotopic (exact) mass is 182 g/mol. The van der Waals surface area contributed by atoms with Crippen molar-refractivity contribution >= 4 is 0 Å². The molecule has 76 valence electrons. The van der Waals surface area contributed by atoms with Crippen molar-refractivity contribution in [1.29, 1.82) is 0 Å². The molecule has 1 nitrogen and oxygen atoms in total. The average Bonchev–Trinajstić information content (AvgIpc) is 2.26. The minimum absolute atomic E-state index is 0.191. The summed E-state index contributed by atoms with van der Waals surface area (Å²) in [6, 6.07) is 0. The normalized spacial score (nSPS) is 31.2. The highest BCUT2D eigenvalue weighted by Gasteiger charge is 2.39. The summed E-state index contributed by atoms with van der Waals surface area (Å²) in [7, 11) is 0. The van der Waals surface area contributed by atoms with Gasteiger partial charge >= 0.3 is 0 Å². The van der Waals surface area contributed by atoms with E-state index in [2.05, 4.69) is 33.8 Å². The minimum Gasteiger partial charge on any atom is -0.393 e. The van der Waals surface area contributed by atoms with Gasteiger partial charge in [0.1, 0.15) is 0 Å². The Balaban J connectivity index is 2.76. The lowest BCUT2D eigenvalue weighted by atomic mass is 9.70. The summed E-state index contributed by atoms with van der Waals surface area (Å²) >= 11 is 0. The summed E-state index contributed by atoms with van der Waals surface area (Å²) in [4.78, 5) is 0. The maximum absolute atomic E-state index is 9.58. The molecule has 0 heterocycles. The standard InChI is InChI=1S/C12H22O/c1-8-6-7-11(12(8,4)5)9(2)10(3)13/h6,9-11,13H,7H2,1-5H3. The fraction of sp³-hybridized carbons (Fsp3) is 0.833. The molecular formula is C12H22O. The third-order valence-corrected chi connectivity index (χ3v) is 4.02. The highest BCUT2D eigenvalue weighted by molar-refractivity contribution is 5.19. The number of hydrogen-bond donors (Lipinski definition) is 1. The lowest BCUT2D eigenvalue weighted by molar-refractivity contribution is 0.0659. The van der Waals surface area contributed by atoms with Crippen LogP contribution in [0.1, 0.15) is 41.0 Å². The van der Waals surface area contributed by atoms with Gasteiger partial charge in [-0.25, -0.2) is 0 Å². The van der Waals surface area contributed by atoms with Crippen molar-refractivity contribution in [3.05, 3.63) is 11.6 Å². The number of aliphatic hydroxyl groups excluding tert-OH is 1. The van der Waals surface area contributed by atoms with Crippen molar-refractivity contribution in [2.24, 2.45) is 17.3 Å². The number of rotatable bonds is 2. The Morgan fingerprint density at radius 3 is 2.31 bits per heavy atom. The van der Waals surface area contributed by atoms with E-state index in [1.807, 2.05) is 6.92 Å². The molecule has 3 atom stereocenters. The summed E-state index contributed by atoms with van der Waals surface area (Å²) < 4.78 is 0. The van der Waals surface area contributed by atoms with Crippen LogP contribution in [0.5, 0.6) is 0 Å². The van der Waals surface area contributed by atoms with E-state index in [0.29, 0.717) is 11.8 Å². The van der Waals surface area contributed by atoms with E-state index in [1.54, 1.807) is 0 Å². The van der Waals surface area contributed by atoms with Crippen LogP contribution in [0.15, 0.2) is 11.6 Å². The van der Waals surface area contributed by atoms with Gasteiger partial charge in [-0.3, -0.25) is 0 Å². The van der Waals surface area contributed by atoms with Crippen LogP contribution in [-0.4, -0.2) is 11.2 Å². The Morgan fingerprint density at radius 2 is 2.00 bits per heavy atom. The highest BCUT2D eigenvalue weighted by Crippen LogP contribution is 2.47. The zero-order valence-electron chi connectivity index (χ0n) is 9.46. The fourth-order valence-electron chi connectivity index (χ4n) is 2.36. The van der Waals surface area contributed by atoms with Crippen LogP contribution in [0.2, 0.25) is 0 Å². The molecule has 1 aliphatic rings. The first-order chi connectivity index (χ1) is 5.87. The van der Waals surface area contributed by atoms with E-state index in [1.165, 1.54) is 5.57 Å². The molecule has 1 rings (SSSR count). The van der Waals surface area contributed by atoms with Gasteiger partial charge in [0.2, 0.25) is 0 Å². The zero-order chi connectivity index (χ0) is 10.2. The van der Waals surface area contributed by atoms with Gasteiger partial charge in [0.05, 0.1) is 6.10 Å². The van der Waals surface area contributed by atoms with Crippen LogP contribution in [0.25, 0.3) is 0 Å². The first-order valence-electron chi connectivity index (χ1n) is 5.22. The maximum Gasteiger partial charge on any atom is 0.0540 e. The van der Waals surface area contributed by atoms with Crippen molar-refractivity contribution in [3.63, 3.8) is 0 Å². The quantitative estimate of drug-likeness (QED) is 0.651. The molecule has 0 bridgehead atoms. The molecule has 1 N–H and O–H groups in total. The Kier molecular flexibility index (Phi) is 2.86. The predicted octanol–water partition coefficient (Wildman–Crippen LogP) is 3.00. The van der Waals surface area contributed by atoms with E-state index in [4.69, 9.17) is 0 Å². The Bertz CT molecular complexity index is 213. The van der Waals surface area contributed by atoms with Crippen LogP contribution in [0, 0.1) is 17.3 Å². The fourth-order valence-corrected chi connectivity index (χ4v) is 2.36. The van der Waals surface area contributed by atoms with Gasteiger partial charge in [0, 0.05) is 0 Å². The zero-order valence-corrected chi connectivity index (χ0v) is 9.46. The molecule has 0 saturated heterocycles. The largest absolute Gasteiger partial charge is 0.393 e. The van der Waals surface area contributed by atoms with Crippen molar-refractivity contribution in [3.8, 4) is 0 Å². The van der Waals surface area contributed by atoms with Crippen LogP contribution in [-0.2, 0) is 0 Å². The average molecular weight is 182 g/mol. The molecule has 0 saturated carbocycles. The molecule has 1 aliphatic carbocycles. The number of aliphatic hydroxyl groups is 1. The summed E-state index contributed by atoms with van der Waals surface area (Å²) in [5.41, 5.74) is 1.75. The second-order valence-electron chi connectivity index (χ2n) is 5.05. The summed E-state index contributed by atoms with van der Waals surface area (Å²) in [5.74, 6) is 0.996. The molecule has 0 radical (unpaired) electrons. The lowest BCUT2D eigenvalue weighted by Crippen LogP contribution is -2.31.